The Morgan fingerprint density at radius 2 is 2.20 bits per heavy atom. The molecule has 0 amide bonds. The monoisotopic (exact) mass is 289 g/mol. The molecule has 1 aromatic carbocycles. The summed E-state index contributed by atoms with van der Waals surface area (Å²) in [4.78, 5) is 9.51. The first-order chi connectivity index (χ1) is 9.70. The van der Waals surface area contributed by atoms with Crippen molar-refractivity contribution in [1.82, 2.24) is 4.98 Å². The van der Waals surface area contributed by atoms with Crippen LogP contribution in [-0.2, 0) is 11.4 Å². The predicted molar refractivity (Wildman–Crippen MR) is 81.7 cm³/mol. The first-order valence-electron chi connectivity index (χ1n) is 6.35. The van der Waals surface area contributed by atoms with E-state index in [9.17, 15) is 0 Å². The molecule has 0 unspecified atom stereocenters. The Hall–Kier alpha value is -2.07. The summed E-state index contributed by atoms with van der Waals surface area (Å²) in [7, 11) is 0. The van der Waals surface area contributed by atoms with Gasteiger partial charge in [-0.05, 0) is 36.8 Å². The number of rotatable bonds is 5. The van der Waals surface area contributed by atoms with E-state index in [2.05, 4.69) is 10.1 Å². The lowest BCUT2D eigenvalue weighted by Crippen LogP contribution is -2.05. The molecule has 0 aliphatic rings. The number of halogens is 1. The number of aromatic nitrogens is 1. The van der Waals surface area contributed by atoms with Crippen molar-refractivity contribution in [1.29, 1.82) is 0 Å². The summed E-state index contributed by atoms with van der Waals surface area (Å²) in [6.45, 7) is 2.31. The Labute approximate surface area is 123 Å². The minimum atomic E-state index is 0.324. The minimum Gasteiger partial charge on any atom is -0.398 e. The third-order valence-corrected chi connectivity index (χ3v) is 3.01. The zero-order valence-electron chi connectivity index (χ0n) is 11.2. The third-order valence-electron chi connectivity index (χ3n) is 2.77. The maximum absolute atomic E-state index is 5.99. The van der Waals surface area contributed by atoms with Gasteiger partial charge < -0.3 is 10.6 Å². The molecular weight excluding hydrogens is 274 g/mol. The molecule has 0 saturated heterocycles. The van der Waals surface area contributed by atoms with E-state index in [-0.39, 0.29) is 0 Å². The fourth-order valence-corrected chi connectivity index (χ4v) is 1.91. The lowest BCUT2D eigenvalue weighted by atomic mass is 10.1. The molecule has 1 heterocycles. The van der Waals surface area contributed by atoms with Gasteiger partial charge in [-0.2, -0.15) is 0 Å². The fourth-order valence-electron chi connectivity index (χ4n) is 1.74. The van der Waals surface area contributed by atoms with Gasteiger partial charge in [0, 0.05) is 22.5 Å². The van der Waals surface area contributed by atoms with Crippen molar-refractivity contribution in [2.24, 2.45) is 5.16 Å². The quantitative estimate of drug-likeness (QED) is 0.519. The molecule has 2 aromatic rings. The van der Waals surface area contributed by atoms with Crippen LogP contribution in [0.5, 0.6) is 0 Å². The molecule has 0 aliphatic carbocycles. The molecule has 0 radical (unpaired) electrons. The molecule has 2 N–H and O–H groups in total. The molecule has 104 valence electrons. The van der Waals surface area contributed by atoms with Gasteiger partial charge in [0.25, 0.3) is 0 Å². The highest BCUT2D eigenvalue weighted by Gasteiger charge is 2.07. The van der Waals surface area contributed by atoms with Crippen LogP contribution in [0.15, 0.2) is 47.8 Å². The maximum atomic E-state index is 5.99. The second-order valence-corrected chi connectivity index (χ2v) is 4.65. The number of pyridine rings is 1. The number of oxime groups is 1. The Bertz CT molecular complexity index is 599. The number of nitrogens with two attached hydrogens (primary N) is 1. The van der Waals surface area contributed by atoms with Gasteiger partial charge in [0.15, 0.2) is 6.61 Å². The van der Waals surface area contributed by atoms with Crippen LogP contribution in [0.2, 0.25) is 5.02 Å². The summed E-state index contributed by atoms with van der Waals surface area (Å²) in [6, 6.07) is 11.0. The largest absolute Gasteiger partial charge is 0.398 e. The number of anilines is 1. The van der Waals surface area contributed by atoms with Crippen LogP contribution in [0.4, 0.5) is 5.69 Å². The molecule has 2 rings (SSSR count). The number of hydrogen-bond donors (Lipinski definition) is 1. The first kappa shape index (κ1) is 14.3. The summed E-state index contributed by atoms with van der Waals surface area (Å²) >= 11 is 5.99. The third kappa shape index (κ3) is 3.71. The van der Waals surface area contributed by atoms with Crippen LogP contribution in [0.3, 0.4) is 0 Å². The first-order valence-corrected chi connectivity index (χ1v) is 6.72. The standard InChI is InChI=1S/C15H16ClN3O/c1-2-15(13-9-11(16)6-7-14(13)17)19-20-10-12-5-3-4-8-18-12/h3-9H,2,10,17H2,1H3/b19-15+. The SMILES string of the molecule is CC/C(=N\OCc1ccccn1)c1cc(Cl)ccc1N. The highest BCUT2D eigenvalue weighted by Crippen LogP contribution is 2.20. The normalized spacial score (nSPS) is 11.4. The van der Waals surface area contributed by atoms with E-state index in [0.29, 0.717) is 23.7 Å². The topological polar surface area (TPSA) is 60.5 Å². The lowest BCUT2D eigenvalue weighted by Gasteiger charge is -2.08. The molecule has 0 spiro atoms. The van der Waals surface area contributed by atoms with Crippen molar-refractivity contribution in [3.8, 4) is 0 Å². The van der Waals surface area contributed by atoms with E-state index in [1.807, 2.05) is 25.1 Å². The second-order valence-electron chi connectivity index (χ2n) is 4.22. The highest BCUT2D eigenvalue weighted by atomic mass is 35.5. The smallest absolute Gasteiger partial charge is 0.159 e. The van der Waals surface area contributed by atoms with Crippen LogP contribution < -0.4 is 5.73 Å². The summed E-state index contributed by atoms with van der Waals surface area (Å²) in [5.41, 5.74) is 8.97. The molecule has 20 heavy (non-hydrogen) atoms. The summed E-state index contributed by atoms with van der Waals surface area (Å²) < 4.78 is 0. The van der Waals surface area contributed by atoms with Crippen molar-refractivity contribution < 1.29 is 4.84 Å². The number of hydrogen-bond acceptors (Lipinski definition) is 4. The molecule has 0 aliphatic heterocycles. The zero-order chi connectivity index (χ0) is 14.4. The molecule has 0 atom stereocenters. The van der Waals surface area contributed by atoms with Crippen molar-refractivity contribution in [3.05, 3.63) is 58.9 Å². The molecular formula is C15H16ClN3O. The molecule has 0 bridgehead atoms. The summed E-state index contributed by atoms with van der Waals surface area (Å²) in [5, 5.41) is 4.77. The van der Waals surface area contributed by atoms with Gasteiger partial charge in [-0.15, -0.1) is 0 Å². The van der Waals surface area contributed by atoms with Gasteiger partial charge in [-0.25, -0.2) is 0 Å². The van der Waals surface area contributed by atoms with Crippen molar-refractivity contribution in [2.75, 3.05) is 5.73 Å². The summed E-state index contributed by atoms with van der Waals surface area (Å²) in [5.74, 6) is 0. The van der Waals surface area contributed by atoms with E-state index in [1.165, 1.54) is 0 Å². The van der Waals surface area contributed by atoms with E-state index < -0.39 is 0 Å². The van der Waals surface area contributed by atoms with Crippen LogP contribution in [0.1, 0.15) is 24.6 Å². The van der Waals surface area contributed by atoms with Crippen LogP contribution in [0, 0.1) is 0 Å². The summed E-state index contributed by atoms with van der Waals surface area (Å²) in [6.07, 6.45) is 2.42. The van der Waals surface area contributed by atoms with E-state index in [0.717, 1.165) is 17.0 Å². The number of benzene rings is 1. The van der Waals surface area contributed by atoms with Gasteiger partial charge in [0.05, 0.1) is 11.4 Å². The van der Waals surface area contributed by atoms with E-state index in [1.54, 1.807) is 24.4 Å². The predicted octanol–water partition coefficient (Wildman–Crippen LogP) is 3.65. The maximum Gasteiger partial charge on any atom is 0.159 e. The fraction of sp³-hybridized carbons (Fsp3) is 0.200. The molecule has 1 aromatic heterocycles. The van der Waals surface area contributed by atoms with E-state index in [4.69, 9.17) is 22.2 Å². The minimum absolute atomic E-state index is 0.324. The van der Waals surface area contributed by atoms with Gasteiger partial charge in [0.1, 0.15) is 0 Å². The molecule has 0 saturated carbocycles. The Balaban J connectivity index is 2.11. The van der Waals surface area contributed by atoms with Crippen molar-refractivity contribution in [3.63, 3.8) is 0 Å². The Kier molecular flexibility index (Phi) is 4.96. The van der Waals surface area contributed by atoms with Crippen molar-refractivity contribution >= 4 is 23.0 Å². The van der Waals surface area contributed by atoms with Crippen LogP contribution >= 0.6 is 11.6 Å². The average molecular weight is 290 g/mol. The van der Waals surface area contributed by atoms with Crippen molar-refractivity contribution in [2.45, 2.75) is 20.0 Å². The molecule has 5 heteroatoms. The van der Waals surface area contributed by atoms with Gasteiger partial charge in [0.2, 0.25) is 0 Å². The number of nitrogen functional groups attached to an aromatic ring is 1. The van der Waals surface area contributed by atoms with Crippen LogP contribution in [0.25, 0.3) is 0 Å². The van der Waals surface area contributed by atoms with Gasteiger partial charge in [-0.3, -0.25) is 4.98 Å². The van der Waals surface area contributed by atoms with Gasteiger partial charge >= 0.3 is 0 Å². The Morgan fingerprint density at radius 3 is 2.90 bits per heavy atom. The molecule has 4 nitrogen and oxygen atoms in total. The number of nitrogens with zero attached hydrogens (tertiary/aromatic N) is 2. The second kappa shape index (κ2) is 6.91. The lowest BCUT2D eigenvalue weighted by molar-refractivity contribution is 0.127. The Morgan fingerprint density at radius 1 is 1.35 bits per heavy atom. The highest BCUT2D eigenvalue weighted by molar-refractivity contribution is 6.31. The van der Waals surface area contributed by atoms with E-state index >= 15 is 0 Å². The molecule has 0 fully saturated rings. The van der Waals surface area contributed by atoms with Gasteiger partial charge in [-0.1, -0.05) is 29.7 Å². The zero-order valence-corrected chi connectivity index (χ0v) is 12.0. The average Bonchev–Trinajstić information content (AvgIpc) is 2.48. The van der Waals surface area contributed by atoms with Crippen LogP contribution in [-0.4, -0.2) is 10.7 Å².